The van der Waals surface area contributed by atoms with Gasteiger partial charge in [0.25, 0.3) is 0 Å². The molecule has 0 aromatic carbocycles. The van der Waals surface area contributed by atoms with Crippen LogP contribution in [0.15, 0.2) is 0 Å². The largest absolute Gasteiger partial charge is 0.417 e. The van der Waals surface area contributed by atoms with Crippen LogP contribution < -0.4 is 0 Å². The van der Waals surface area contributed by atoms with Gasteiger partial charge in [-0.2, -0.15) is 0 Å². The molecule has 2 aliphatic rings. The normalized spacial score (nSPS) is 36.6. The van der Waals surface area contributed by atoms with Gasteiger partial charge in [-0.3, -0.25) is 14.2 Å². The molecule has 2 saturated heterocycles. The number of hydrogen-bond donors (Lipinski definition) is 0. The Kier molecular flexibility index (Phi) is 7.83. The summed E-state index contributed by atoms with van der Waals surface area (Å²) in [5.41, 5.74) is -2.16. The Hall–Kier alpha value is -0.130. The molecule has 0 aromatic heterocycles. The minimum atomic E-state index is -3.70. The third-order valence-corrected chi connectivity index (χ3v) is 8.90. The highest BCUT2D eigenvalue weighted by molar-refractivity contribution is 7.54. The minimum Gasteiger partial charge on any atom is -0.417 e. The summed E-state index contributed by atoms with van der Waals surface area (Å²) >= 11 is 0. The molecule has 12 heteroatoms. The lowest BCUT2D eigenvalue weighted by Gasteiger charge is -2.39. The summed E-state index contributed by atoms with van der Waals surface area (Å²) in [7, 11) is -4.98. The molecule has 0 radical (unpaired) electrons. The zero-order valence-electron chi connectivity index (χ0n) is 16.3. The van der Waals surface area contributed by atoms with Crippen molar-refractivity contribution in [2.75, 3.05) is 46.4 Å². The smallest absolute Gasteiger partial charge is 0.331 e. The van der Waals surface area contributed by atoms with E-state index < -0.39 is 47.1 Å². The van der Waals surface area contributed by atoms with Crippen LogP contribution in [0.4, 0.5) is 0 Å². The van der Waals surface area contributed by atoms with Crippen LogP contribution in [0.1, 0.15) is 26.7 Å². The van der Waals surface area contributed by atoms with Gasteiger partial charge in [0.2, 0.25) is 16.8 Å². The molecule has 0 aromatic rings. The second-order valence-corrected chi connectivity index (χ2v) is 11.5. The molecule has 5 unspecified atom stereocenters. The quantitative estimate of drug-likeness (QED) is 0.519. The van der Waals surface area contributed by atoms with Gasteiger partial charge in [0, 0.05) is 20.4 Å². The van der Waals surface area contributed by atoms with Gasteiger partial charge in [-0.15, -0.1) is 0 Å². The Morgan fingerprint density at radius 3 is 1.89 bits per heavy atom. The van der Waals surface area contributed by atoms with Crippen molar-refractivity contribution < 1.29 is 41.3 Å². The zero-order valence-corrected chi connectivity index (χ0v) is 18.9. The first kappa shape index (κ1) is 23.2. The summed E-state index contributed by atoms with van der Waals surface area (Å²) in [5.74, 6) is -0.900. The van der Waals surface area contributed by atoms with E-state index in [2.05, 4.69) is 0 Å². The molecular weight excluding hydrogens is 417 g/mol. The average molecular weight is 444 g/mol. The third kappa shape index (κ3) is 5.08. The molecular formula is C15H27O9P3. The molecule has 0 aliphatic carbocycles. The van der Waals surface area contributed by atoms with E-state index in [1.807, 2.05) is 0 Å². The van der Waals surface area contributed by atoms with Crippen LogP contribution in [0, 0.1) is 10.8 Å². The molecule has 156 valence electrons. The van der Waals surface area contributed by atoms with Crippen LogP contribution in [0.3, 0.4) is 0 Å². The van der Waals surface area contributed by atoms with Gasteiger partial charge in [0.05, 0.1) is 26.0 Å². The van der Waals surface area contributed by atoms with Crippen molar-refractivity contribution >= 4 is 36.3 Å². The lowest BCUT2D eigenvalue weighted by molar-refractivity contribution is -0.155. The van der Waals surface area contributed by atoms with Gasteiger partial charge >= 0.3 is 19.5 Å². The Bertz CT molecular complexity index is 615. The van der Waals surface area contributed by atoms with E-state index >= 15 is 0 Å². The van der Waals surface area contributed by atoms with Crippen molar-refractivity contribution in [3.63, 3.8) is 0 Å². The van der Waals surface area contributed by atoms with Crippen molar-refractivity contribution in [1.29, 1.82) is 0 Å². The van der Waals surface area contributed by atoms with Crippen molar-refractivity contribution in [2.45, 2.75) is 26.7 Å². The first-order valence-electron chi connectivity index (χ1n) is 8.61. The first-order valence-corrected chi connectivity index (χ1v) is 13.6. The number of carbonyl (C=O) groups is 2. The van der Waals surface area contributed by atoms with Crippen LogP contribution in [0.5, 0.6) is 0 Å². The number of rotatable bonds is 8. The highest BCUT2D eigenvalue weighted by Gasteiger charge is 2.51. The maximum atomic E-state index is 13.2. The summed E-state index contributed by atoms with van der Waals surface area (Å²) in [6.07, 6.45) is 0.560. The fourth-order valence-corrected chi connectivity index (χ4v) is 6.47. The second kappa shape index (κ2) is 9.13. The molecule has 9 nitrogen and oxygen atoms in total. The van der Waals surface area contributed by atoms with Crippen molar-refractivity contribution in [1.82, 2.24) is 0 Å². The molecule has 0 bridgehead atoms. The number of hydrogen-bond acceptors (Lipinski definition) is 9. The molecule has 2 aliphatic heterocycles. The van der Waals surface area contributed by atoms with Crippen molar-refractivity contribution in [2.24, 2.45) is 10.8 Å². The summed E-state index contributed by atoms with van der Waals surface area (Å²) in [6.45, 7) is 6.99. The topological polar surface area (TPSA) is 107 Å². The Labute approximate surface area is 162 Å². The molecule has 0 saturated carbocycles. The lowest BCUT2D eigenvalue weighted by atomic mass is 9.87. The minimum absolute atomic E-state index is 0.0887. The van der Waals surface area contributed by atoms with E-state index in [1.165, 1.54) is 7.11 Å². The molecule has 0 amide bonds. The third-order valence-electron chi connectivity index (χ3n) is 5.00. The van der Waals surface area contributed by atoms with Gasteiger partial charge in [-0.05, 0) is 12.8 Å². The lowest BCUT2D eigenvalue weighted by Crippen LogP contribution is -2.44. The highest BCUT2D eigenvalue weighted by atomic mass is 31.2. The standard InChI is InChI=1S/C15H27O9P3/c1-6-14(8-20-25(4)23-12(14)16)10-22-27(18,19-3)11-15(7-2)9-21-26(5)24-13(15)17/h6-11H2,1-5H3. The average Bonchev–Trinajstić information content (AvgIpc) is 2.64. The van der Waals surface area contributed by atoms with E-state index in [0.717, 1.165) is 0 Å². The van der Waals surface area contributed by atoms with Crippen LogP contribution in [0.25, 0.3) is 0 Å². The molecule has 27 heavy (non-hydrogen) atoms. The van der Waals surface area contributed by atoms with Gasteiger partial charge in [0.1, 0.15) is 10.8 Å². The second-order valence-electron chi connectivity index (χ2n) is 6.68. The summed E-state index contributed by atoms with van der Waals surface area (Å²) in [5, 5.41) is 0. The summed E-state index contributed by atoms with van der Waals surface area (Å²) < 4.78 is 45.5. The van der Waals surface area contributed by atoms with E-state index in [-0.39, 0.29) is 26.0 Å². The summed E-state index contributed by atoms with van der Waals surface area (Å²) in [4.78, 5) is 24.8. The van der Waals surface area contributed by atoms with Gasteiger partial charge in [-0.1, -0.05) is 13.8 Å². The SMILES string of the molecule is CCC1(COP(=O)(CC2(CC)COP(C)OC2=O)OC)COP(C)OC1=O. The Balaban J connectivity index is 2.13. The van der Waals surface area contributed by atoms with Crippen LogP contribution in [-0.2, 0) is 41.3 Å². The molecule has 5 atom stereocenters. The molecule has 0 spiro atoms. The maximum Gasteiger partial charge on any atom is 0.331 e. The predicted molar refractivity (Wildman–Crippen MR) is 101 cm³/mol. The van der Waals surface area contributed by atoms with Crippen LogP contribution in [-0.4, -0.2) is 58.4 Å². The van der Waals surface area contributed by atoms with Gasteiger partial charge < -0.3 is 27.1 Å². The predicted octanol–water partition coefficient (Wildman–Crippen LogP) is 3.67. The zero-order chi connectivity index (χ0) is 20.3. The Morgan fingerprint density at radius 2 is 1.48 bits per heavy atom. The van der Waals surface area contributed by atoms with E-state index in [1.54, 1.807) is 27.2 Å². The number of carbonyl (C=O) groups excluding carboxylic acids is 2. The molecule has 2 rings (SSSR count). The van der Waals surface area contributed by atoms with E-state index in [0.29, 0.717) is 12.8 Å². The van der Waals surface area contributed by atoms with Crippen LogP contribution in [0.2, 0.25) is 0 Å². The Morgan fingerprint density at radius 1 is 1.00 bits per heavy atom. The molecule has 2 fully saturated rings. The molecule has 2 heterocycles. The highest BCUT2D eigenvalue weighted by Crippen LogP contribution is 2.57. The monoisotopic (exact) mass is 444 g/mol. The summed E-state index contributed by atoms with van der Waals surface area (Å²) in [6, 6.07) is 0. The van der Waals surface area contributed by atoms with Crippen LogP contribution >= 0.6 is 24.3 Å². The van der Waals surface area contributed by atoms with Crippen molar-refractivity contribution in [3.8, 4) is 0 Å². The van der Waals surface area contributed by atoms with Gasteiger partial charge in [0.15, 0.2) is 0 Å². The van der Waals surface area contributed by atoms with E-state index in [4.69, 9.17) is 27.1 Å². The van der Waals surface area contributed by atoms with Crippen molar-refractivity contribution in [3.05, 3.63) is 0 Å². The fourth-order valence-electron chi connectivity index (χ4n) is 2.70. The maximum absolute atomic E-state index is 13.2. The van der Waals surface area contributed by atoms with E-state index in [9.17, 15) is 14.2 Å². The molecule has 0 N–H and O–H groups in total. The first-order chi connectivity index (χ1) is 12.6. The fraction of sp³-hybridized carbons (Fsp3) is 0.867. The van der Waals surface area contributed by atoms with Gasteiger partial charge in [-0.25, -0.2) is 0 Å².